The van der Waals surface area contributed by atoms with Crippen LogP contribution < -0.4 is 15.4 Å². The van der Waals surface area contributed by atoms with Crippen LogP contribution in [0.2, 0.25) is 0 Å². The number of ether oxygens (including phenoxy) is 1. The summed E-state index contributed by atoms with van der Waals surface area (Å²) in [4.78, 5) is 3.69. The fraction of sp³-hybridized carbons (Fsp3) is 0.400. The van der Waals surface area contributed by atoms with Crippen LogP contribution in [0.25, 0.3) is 10.9 Å². The summed E-state index contributed by atoms with van der Waals surface area (Å²) in [5, 5.41) is 6.65. The fourth-order valence-corrected chi connectivity index (χ4v) is 2.11. The summed E-state index contributed by atoms with van der Waals surface area (Å²) in [6.45, 7) is 1.35. The van der Waals surface area contributed by atoms with Crippen molar-refractivity contribution < 1.29 is 17.9 Å². The number of alkyl halides is 3. The summed E-state index contributed by atoms with van der Waals surface area (Å²) in [5.41, 5.74) is -0.208. The number of pyridine rings is 1. The normalized spacial score (nSPS) is 11.7. The number of hydrogen-bond donors (Lipinski definition) is 2. The van der Waals surface area contributed by atoms with Crippen LogP contribution in [0.15, 0.2) is 24.3 Å². The van der Waals surface area contributed by atoms with Crippen LogP contribution in [0, 0.1) is 0 Å². The maximum Gasteiger partial charge on any atom is 0.433 e. The smallest absolute Gasteiger partial charge is 0.433 e. The maximum absolute atomic E-state index is 13.0. The van der Waals surface area contributed by atoms with E-state index in [1.807, 2.05) is 7.05 Å². The third-order valence-corrected chi connectivity index (χ3v) is 3.23. The average Bonchev–Trinajstić information content (AvgIpc) is 2.49. The van der Waals surface area contributed by atoms with Crippen LogP contribution >= 0.6 is 0 Å². The minimum atomic E-state index is -4.48. The molecule has 0 aliphatic rings. The van der Waals surface area contributed by atoms with Crippen LogP contribution in [0.1, 0.15) is 12.1 Å². The fourth-order valence-electron chi connectivity index (χ4n) is 2.11. The molecule has 1 heterocycles. The first-order valence-corrected chi connectivity index (χ1v) is 6.90. The number of rotatable bonds is 6. The van der Waals surface area contributed by atoms with Gasteiger partial charge in [-0.2, -0.15) is 13.2 Å². The zero-order valence-corrected chi connectivity index (χ0v) is 12.4. The lowest BCUT2D eigenvalue weighted by atomic mass is 10.1. The van der Waals surface area contributed by atoms with E-state index in [4.69, 9.17) is 4.74 Å². The Morgan fingerprint density at radius 3 is 2.59 bits per heavy atom. The van der Waals surface area contributed by atoms with Gasteiger partial charge in [0.1, 0.15) is 11.4 Å². The molecule has 22 heavy (non-hydrogen) atoms. The Labute approximate surface area is 126 Å². The van der Waals surface area contributed by atoms with Gasteiger partial charge >= 0.3 is 6.18 Å². The van der Waals surface area contributed by atoms with E-state index in [-0.39, 0.29) is 5.52 Å². The highest BCUT2D eigenvalue weighted by Crippen LogP contribution is 2.34. The second-order valence-corrected chi connectivity index (χ2v) is 4.82. The average molecular weight is 313 g/mol. The molecule has 7 heteroatoms. The summed E-state index contributed by atoms with van der Waals surface area (Å²) < 4.78 is 44.0. The molecule has 0 aliphatic carbocycles. The predicted octanol–water partition coefficient (Wildman–Crippen LogP) is 3.28. The van der Waals surface area contributed by atoms with Gasteiger partial charge in [-0.1, -0.05) is 0 Å². The topological polar surface area (TPSA) is 46.2 Å². The van der Waals surface area contributed by atoms with Gasteiger partial charge in [0.25, 0.3) is 0 Å². The minimum Gasteiger partial charge on any atom is -0.497 e. The number of aromatic nitrogens is 1. The van der Waals surface area contributed by atoms with E-state index in [1.165, 1.54) is 13.2 Å². The molecule has 0 saturated heterocycles. The van der Waals surface area contributed by atoms with Crippen molar-refractivity contribution in [3.63, 3.8) is 0 Å². The zero-order chi connectivity index (χ0) is 16.2. The molecule has 2 aromatic rings. The minimum absolute atomic E-state index is 0.284. The molecule has 1 aromatic heterocycles. The molecule has 0 amide bonds. The molecule has 0 saturated carbocycles. The second-order valence-electron chi connectivity index (χ2n) is 4.82. The highest BCUT2D eigenvalue weighted by atomic mass is 19.4. The predicted molar refractivity (Wildman–Crippen MR) is 80.3 cm³/mol. The molecule has 0 radical (unpaired) electrons. The maximum atomic E-state index is 13.0. The number of anilines is 1. The van der Waals surface area contributed by atoms with Crippen molar-refractivity contribution >= 4 is 16.6 Å². The monoisotopic (exact) mass is 313 g/mol. The van der Waals surface area contributed by atoms with Crippen LogP contribution in [0.3, 0.4) is 0 Å². The van der Waals surface area contributed by atoms with Crippen molar-refractivity contribution in [2.24, 2.45) is 0 Å². The van der Waals surface area contributed by atoms with Gasteiger partial charge in [-0.05, 0) is 44.3 Å². The lowest BCUT2D eigenvalue weighted by Gasteiger charge is -2.14. The number of methoxy groups -OCH3 is 1. The zero-order valence-electron chi connectivity index (χ0n) is 12.4. The van der Waals surface area contributed by atoms with E-state index in [9.17, 15) is 13.2 Å². The van der Waals surface area contributed by atoms with Gasteiger partial charge in [0.05, 0.1) is 12.6 Å². The van der Waals surface area contributed by atoms with E-state index in [1.54, 1.807) is 12.1 Å². The Bertz CT molecular complexity index is 644. The van der Waals surface area contributed by atoms with E-state index < -0.39 is 11.9 Å². The van der Waals surface area contributed by atoms with Crippen molar-refractivity contribution in [3.8, 4) is 5.75 Å². The Morgan fingerprint density at radius 1 is 1.18 bits per heavy atom. The van der Waals surface area contributed by atoms with Crippen molar-refractivity contribution in [3.05, 3.63) is 30.0 Å². The Balaban J connectivity index is 2.42. The molecule has 0 spiro atoms. The van der Waals surface area contributed by atoms with Crippen LogP contribution in [-0.2, 0) is 6.18 Å². The van der Waals surface area contributed by atoms with Gasteiger partial charge in [-0.25, -0.2) is 4.98 Å². The van der Waals surface area contributed by atoms with Crippen LogP contribution in [0.4, 0.5) is 18.9 Å². The van der Waals surface area contributed by atoms with Crippen molar-refractivity contribution in [1.82, 2.24) is 10.3 Å². The lowest BCUT2D eigenvalue weighted by Crippen LogP contribution is -2.14. The molecule has 4 nitrogen and oxygen atoms in total. The molecule has 120 valence electrons. The first-order valence-electron chi connectivity index (χ1n) is 6.90. The first kappa shape index (κ1) is 16.4. The number of benzene rings is 1. The van der Waals surface area contributed by atoms with Gasteiger partial charge in [0.15, 0.2) is 0 Å². The first-order chi connectivity index (χ1) is 10.5. The van der Waals surface area contributed by atoms with Gasteiger partial charge < -0.3 is 15.4 Å². The van der Waals surface area contributed by atoms with Gasteiger partial charge in [0.2, 0.25) is 0 Å². The Kier molecular flexibility index (Phi) is 5.07. The molecule has 0 fully saturated rings. The summed E-state index contributed by atoms with van der Waals surface area (Å²) in [6, 6.07) is 5.85. The third kappa shape index (κ3) is 3.79. The number of fused-ring (bicyclic) bond motifs is 1. The van der Waals surface area contributed by atoms with Crippen molar-refractivity contribution in [1.29, 1.82) is 0 Å². The standard InChI is InChI=1S/C15H18F3N3O/c1-19-6-3-7-20-13-9-14(15(16,17)18)21-12-5-4-10(22-2)8-11(12)13/h4-5,8-9,19H,3,6-7H2,1-2H3,(H,20,21). The molecule has 0 aliphatic heterocycles. The molecule has 0 unspecified atom stereocenters. The Hall–Kier alpha value is -2.02. The van der Waals surface area contributed by atoms with Crippen LogP contribution in [-0.4, -0.2) is 32.2 Å². The van der Waals surface area contributed by atoms with E-state index in [0.717, 1.165) is 19.0 Å². The number of halogens is 3. The molecule has 2 N–H and O–H groups in total. The molecule has 1 aromatic carbocycles. The van der Waals surface area contributed by atoms with Crippen LogP contribution in [0.5, 0.6) is 5.75 Å². The highest BCUT2D eigenvalue weighted by molar-refractivity contribution is 5.92. The number of nitrogens with one attached hydrogen (secondary N) is 2. The SMILES string of the molecule is CNCCCNc1cc(C(F)(F)F)nc2ccc(OC)cc12. The molecule has 2 rings (SSSR count). The van der Waals surface area contributed by atoms with Crippen molar-refractivity contribution in [2.45, 2.75) is 12.6 Å². The van der Waals surface area contributed by atoms with Gasteiger partial charge in [0, 0.05) is 17.6 Å². The molecule has 0 atom stereocenters. The quantitative estimate of drug-likeness (QED) is 0.804. The molecular weight excluding hydrogens is 295 g/mol. The van der Waals surface area contributed by atoms with E-state index >= 15 is 0 Å². The van der Waals surface area contributed by atoms with Gasteiger partial charge in [-0.3, -0.25) is 0 Å². The van der Waals surface area contributed by atoms with E-state index in [0.29, 0.717) is 23.4 Å². The highest BCUT2D eigenvalue weighted by Gasteiger charge is 2.33. The van der Waals surface area contributed by atoms with Gasteiger partial charge in [-0.15, -0.1) is 0 Å². The summed E-state index contributed by atoms with van der Waals surface area (Å²) >= 11 is 0. The largest absolute Gasteiger partial charge is 0.497 e. The summed E-state index contributed by atoms with van der Waals surface area (Å²) in [6.07, 6.45) is -3.68. The number of hydrogen-bond acceptors (Lipinski definition) is 4. The summed E-state index contributed by atoms with van der Waals surface area (Å²) in [7, 11) is 3.34. The van der Waals surface area contributed by atoms with E-state index in [2.05, 4.69) is 15.6 Å². The molecule has 0 bridgehead atoms. The third-order valence-electron chi connectivity index (χ3n) is 3.23. The molecular formula is C15H18F3N3O. The number of nitrogens with zero attached hydrogens (tertiary/aromatic N) is 1. The Morgan fingerprint density at radius 2 is 1.95 bits per heavy atom. The lowest BCUT2D eigenvalue weighted by molar-refractivity contribution is -0.140. The second kappa shape index (κ2) is 6.83. The van der Waals surface area contributed by atoms with Crippen molar-refractivity contribution in [2.75, 3.05) is 32.6 Å². The summed E-state index contributed by atoms with van der Waals surface area (Å²) in [5.74, 6) is 0.576.